The van der Waals surface area contributed by atoms with Crippen molar-refractivity contribution in [2.24, 2.45) is 11.1 Å². The lowest BCUT2D eigenvalue weighted by Crippen LogP contribution is -2.55. The van der Waals surface area contributed by atoms with E-state index < -0.39 is 0 Å². The summed E-state index contributed by atoms with van der Waals surface area (Å²) in [4.78, 5) is 2.52. The summed E-state index contributed by atoms with van der Waals surface area (Å²) in [7, 11) is 3.53. The third-order valence-electron chi connectivity index (χ3n) is 4.94. The Balaban J connectivity index is 2.79. The zero-order chi connectivity index (χ0) is 15.1. The average Bonchev–Trinajstić information content (AvgIpc) is 2.58. The molecule has 0 saturated heterocycles. The van der Waals surface area contributed by atoms with E-state index in [1.165, 1.54) is 32.1 Å². The number of nitrogens with two attached hydrogens (primary N) is 1. The van der Waals surface area contributed by atoms with Crippen molar-refractivity contribution in [3.63, 3.8) is 0 Å². The van der Waals surface area contributed by atoms with Gasteiger partial charge in [0.15, 0.2) is 0 Å². The molecule has 2 N–H and O–H groups in total. The highest BCUT2D eigenvalue weighted by Gasteiger charge is 2.38. The quantitative estimate of drug-likeness (QED) is 0.695. The maximum Gasteiger partial charge on any atom is 0.0589 e. The molecular weight excluding hydrogens is 252 g/mol. The Morgan fingerprint density at radius 3 is 2.05 bits per heavy atom. The molecule has 1 unspecified atom stereocenters. The summed E-state index contributed by atoms with van der Waals surface area (Å²) in [6.07, 6.45) is 6.20. The van der Waals surface area contributed by atoms with Crippen LogP contribution in [0.3, 0.4) is 0 Å². The zero-order valence-electron chi connectivity index (χ0n) is 13.9. The van der Waals surface area contributed by atoms with Gasteiger partial charge in [-0.15, -0.1) is 0 Å². The predicted molar refractivity (Wildman–Crippen MR) is 84.0 cm³/mol. The molecule has 0 heterocycles. The Bertz CT molecular complexity index is 263. The molecule has 4 heteroatoms. The van der Waals surface area contributed by atoms with Gasteiger partial charge >= 0.3 is 0 Å². The summed E-state index contributed by atoms with van der Waals surface area (Å²) in [5.74, 6) is 0. The van der Waals surface area contributed by atoms with Crippen LogP contribution in [0.4, 0.5) is 0 Å². The number of ether oxygens (including phenoxy) is 2. The van der Waals surface area contributed by atoms with Gasteiger partial charge in [-0.25, -0.2) is 0 Å². The minimum Gasteiger partial charge on any atom is -0.383 e. The van der Waals surface area contributed by atoms with Gasteiger partial charge in [-0.2, -0.15) is 0 Å². The molecule has 0 aromatic heterocycles. The fourth-order valence-electron chi connectivity index (χ4n) is 3.36. The summed E-state index contributed by atoms with van der Waals surface area (Å²) in [5, 5.41) is 0. The van der Waals surface area contributed by atoms with Crippen LogP contribution in [-0.2, 0) is 9.47 Å². The van der Waals surface area contributed by atoms with Crippen LogP contribution >= 0.6 is 0 Å². The minimum atomic E-state index is 0.130. The van der Waals surface area contributed by atoms with Crippen molar-refractivity contribution < 1.29 is 9.47 Å². The maximum atomic E-state index is 6.22. The highest BCUT2D eigenvalue weighted by molar-refractivity contribution is 4.95. The summed E-state index contributed by atoms with van der Waals surface area (Å²) in [6, 6.07) is 0. The van der Waals surface area contributed by atoms with Crippen molar-refractivity contribution in [1.82, 2.24) is 4.90 Å². The summed E-state index contributed by atoms with van der Waals surface area (Å²) in [6.45, 7) is 8.90. The van der Waals surface area contributed by atoms with Crippen LogP contribution in [0.25, 0.3) is 0 Å². The van der Waals surface area contributed by atoms with Gasteiger partial charge in [0.05, 0.1) is 13.2 Å². The van der Waals surface area contributed by atoms with Gasteiger partial charge in [-0.1, -0.05) is 20.3 Å². The van der Waals surface area contributed by atoms with E-state index in [2.05, 4.69) is 18.7 Å². The molecule has 0 radical (unpaired) electrons. The third kappa shape index (κ3) is 4.99. The minimum absolute atomic E-state index is 0.130. The predicted octanol–water partition coefficient (Wildman–Crippen LogP) is 2.27. The lowest BCUT2D eigenvalue weighted by atomic mass is 9.83. The molecular formula is C16H34N2O2. The standard InChI is InChI=1S/C16H34N2O2/c1-15(2)6-5-7-16(14-17,9-8-15)18(10-12-19-3)11-13-20-4/h5-14,17H2,1-4H3. The van der Waals surface area contributed by atoms with Crippen molar-refractivity contribution in [2.45, 2.75) is 51.5 Å². The van der Waals surface area contributed by atoms with Crippen molar-refractivity contribution in [2.75, 3.05) is 47.1 Å². The van der Waals surface area contributed by atoms with E-state index in [1.54, 1.807) is 14.2 Å². The van der Waals surface area contributed by atoms with Crippen molar-refractivity contribution in [3.8, 4) is 0 Å². The summed E-state index contributed by atoms with van der Waals surface area (Å²) < 4.78 is 10.6. The molecule has 4 nitrogen and oxygen atoms in total. The molecule has 0 spiro atoms. The van der Waals surface area contributed by atoms with Crippen molar-refractivity contribution in [1.29, 1.82) is 0 Å². The molecule has 1 atom stereocenters. The van der Waals surface area contributed by atoms with Crippen LogP contribution < -0.4 is 5.73 Å². The molecule has 0 aromatic rings. The Hall–Kier alpha value is -0.160. The molecule has 0 bridgehead atoms. The van der Waals surface area contributed by atoms with E-state index in [0.717, 1.165) is 32.8 Å². The fraction of sp³-hybridized carbons (Fsp3) is 1.00. The van der Waals surface area contributed by atoms with Crippen LogP contribution in [0.2, 0.25) is 0 Å². The van der Waals surface area contributed by atoms with Crippen LogP contribution in [0.15, 0.2) is 0 Å². The highest BCUT2D eigenvalue weighted by Crippen LogP contribution is 2.40. The van der Waals surface area contributed by atoms with E-state index in [1.807, 2.05) is 0 Å². The van der Waals surface area contributed by atoms with Gasteiger partial charge in [0.25, 0.3) is 0 Å². The Morgan fingerprint density at radius 2 is 1.55 bits per heavy atom. The van der Waals surface area contributed by atoms with Gasteiger partial charge in [-0.05, 0) is 31.1 Å². The molecule has 0 amide bonds. The Morgan fingerprint density at radius 1 is 0.950 bits per heavy atom. The normalized spacial score (nSPS) is 26.7. The lowest BCUT2D eigenvalue weighted by molar-refractivity contribution is 0.0263. The first kappa shape index (κ1) is 17.9. The van der Waals surface area contributed by atoms with E-state index in [9.17, 15) is 0 Å². The average molecular weight is 286 g/mol. The van der Waals surface area contributed by atoms with E-state index >= 15 is 0 Å². The number of hydrogen-bond donors (Lipinski definition) is 1. The number of hydrogen-bond acceptors (Lipinski definition) is 4. The summed E-state index contributed by atoms with van der Waals surface area (Å²) in [5.41, 5.74) is 6.80. The molecule has 1 saturated carbocycles. The van der Waals surface area contributed by atoms with Gasteiger partial charge in [0.2, 0.25) is 0 Å². The topological polar surface area (TPSA) is 47.7 Å². The van der Waals surface area contributed by atoms with Crippen LogP contribution in [0.5, 0.6) is 0 Å². The number of methoxy groups -OCH3 is 2. The van der Waals surface area contributed by atoms with Crippen LogP contribution in [0.1, 0.15) is 46.0 Å². The first-order valence-corrected chi connectivity index (χ1v) is 7.93. The molecule has 1 rings (SSSR count). The van der Waals surface area contributed by atoms with Crippen LogP contribution in [0, 0.1) is 5.41 Å². The SMILES string of the molecule is COCCN(CCOC)C1(CN)CCCC(C)(C)CC1. The first-order valence-electron chi connectivity index (χ1n) is 7.93. The van der Waals surface area contributed by atoms with Gasteiger partial charge in [0.1, 0.15) is 0 Å². The molecule has 1 aliphatic carbocycles. The molecule has 20 heavy (non-hydrogen) atoms. The van der Waals surface area contributed by atoms with Gasteiger partial charge < -0.3 is 15.2 Å². The van der Waals surface area contributed by atoms with Gasteiger partial charge in [0, 0.05) is 39.4 Å². The Labute approximate surface area is 125 Å². The second kappa shape index (κ2) is 8.32. The number of nitrogens with zero attached hydrogens (tertiary/aromatic N) is 1. The highest BCUT2D eigenvalue weighted by atomic mass is 16.5. The maximum absolute atomic E-state index is 6.22. The second-order valence-corrected chi connectivity index (χ2v) is 6.92. The zero-order valence-corrected chi connectivity index (χ0v) is 13.9. The lowest BCUT2D eigenvalue weighted by Gasteiger charge is -2.43. The Kier molecular flexibility index (Phi) is 7.45. The monoisotopic (exact) mass is 286 g/mol. The molecule has 120 valence electrons. The van der Waals surface area contributed by atoms with Gasteiger partial charge in [-0.3, -0.25) is 4.90 Å². The number of rotatable bonds is 8. The molecule has 1 fully saturated rings. The smallest absolute Gasteiger partial charge is 0.0589 e. The first-order chi connectivity index (χ1) is 9.49. The van der Waals surface area contributed by atoms with Crippen molar-refractivity contribution in [3.05, 3.63) is 0 Å². The van der Waals surface area contributed by atoms with E-state index in [4.69, 9.17) is 15.2 Å². The largest absolute Gasteiger partial charge is 0.383 e. The summed E-state index contributed by atoms with van der Waals surface area (Å²) >= 11 is 0. The second-order valence-electron chi connectivity index (χ2n) is 6.92. The molecule has 0 aliphatic heterocycles. The fourth-order valence-corrected chi connectivity index (χ4v) is 3.36. The van der Waals surface area contributed by atoms with E-state index in [0.29, 0.717) is 5.41 Å². The molecule has 0 aromatic carbocycles. The third-order valence-corrected chi connectivity index (χ3v) is 4.94. The van der Waals surface area contributed by atoms with Crippen molar-refractivity contribution >= 4 is 0 Å². The van der Waals surface area contributed by atoms with Crippen LogP contribution in [-0.4, -0.2) is 57.5 Å². The molecule has 1 aliphatic rings. The van der Waals surface area contributed by atoms with E-state index in [-0.39, 0.29) is 5.54 Å².